The molecule has 0 spiro atoms. The van der Waals surface area contributed by atoms with Gasteiger partial charge in [-0.05, 0) is 0 Å². The van der Waals surface area contributed by atoms with Gasteiger partial charge in [-0.25, -0.2) is 0 Å². The van der Waals surface area contributed by atoms with Crippen LogP contribution in [-0.2, 0) is 4.79 Å². The highest BCUT2D eigenvalue weighted by Crippen LogP contribution is 2.17. The van der Waals surface area contributed by atoms with Crippen LogP contribution in [0.2, 0.25) is 5.31 Å². The summed E-state index contributed by atoms with van der Waals surface area (Å²) in [6.07, 6.45) is 2.66. The molecular formula is C7H9BNOS. The lowest BCUT2D eigenvalue weighted by molar-refractivity contribution is -0.109. The van der Waals surface area contributed by atoms with E-state index in [1.165, 1.54) is 11.3 Å². The highest BCUT2D eigenvalue weighted by Gasteiger charge is 2.20. The normalized spacial score (nSPS) is 11.1. The lowest BCUT2D eigenvalue weighted by Crippen LogP contribution is -2.25. The Morgan fingerprint density at radius 1 is 1.73 bits per heavy atom. The first-order valence-corrected chi connectivity index (χ1v) is 4.24. The maximum atomic E-state index is 10.5. The van der Waals surface area contributed by atoms with Crippen LogP contribution in [0.5, 0.6) is 0 Å². The van der Waals surface area contributed by atoms with Crippen LogP contribution in [0.15, 0.2) is 11.6 Å². The molecule has 1 heterocycles. The summed E-state index contributed by atoms with van der Waals surface area (Å²) in [5.41, 5.74) is 0. The summed E-state index contributed by atoms with van der Waals surface area (Å²) in [4.78, 5) is 15.5. The van der Waals surface area contributed by atoms with Crippen LogP contribution in [0.1, 0.15) is 13.8 Å². The van der Waals surface area contributed by atoms with Gasteiger partial charge in [-0.1, -0.05) is 13.8 Å². The number of thiazole rings is 1. The molecular weight excluding hydrogens is 157 g/mol. The molecule has 0 aliphatic heterocycles. The van der Waals surface area contributed by atoms with Gasteiger partial charge in [0.1, 0.15) is 6.29 Å². The zero-order valence-corrected chi connectivity index (χ0v) is 7.39. The van der Waals surface area contributed by atoms with Gasteiger partial charge in [-0.3, -0.25) is 4.98 Å². The third-order valence-electron chi connectivity index (χ3n) is 1.25. The molecule has 0 fully saturated rings. The minimum Gasteiger partial charge on any atom is -0.304 e. The van der Waals surface area contributed by atoms with Gasteiger partial charge in [0.2, 0.25) is 7.28 Å². The first kappa shape index (κ1) is 8.46. The molecule has 1 rings (SSSR count). The topological polar surface area (TPSA) is 30.0 Å². The second-order valence-corrected chi connectivity index (χ2v) is 3.88. The fraction of sp³-hybridized carbons (Fsp3) is 0.429. The minimum atomic E-state index is -0.391. The summed E-state index contributed by atoms with van der Waals surface area (Å²) in [5, 5.41) is 1.50. The molecule has 57 valence electrons. The number of hydrogen-bond donors (Lipinski definition) is 0. The van der Waals surface area contributed by atoms with Gasteiger partial charge < -0.3 is 4.79 Å². The van der Waals surface area contributed by atoms with Crippen molar-refractivity contribution >= 4 is 29.8 Å². The zero-order chi connectivity index (χ0) is 8.32. The van der Waals surface area contributed by atoms with Crippen LogP contribution in [0.3, 0.4) is 0 Å². The summed E-state index contributed by atoms with van der Waals surface area (Å²) >= 11 is 1.54. The van der Waals surface area contributed by atoms with Crippen LogP contribution in [-0.4, -0.2) is 18.5 Å². The molecule has 0 aliphatic rings. The Morgan fingerprint density at radius 2 is 2.45 bits per heavy atom. The molecule has 1 aromatic rings. The lowest BCUT2D eigenvalue weighted by atomic mass is 9.55. The van der Waals surface area contributed by atoms with E-state index in [-0.39, 0.29) is 0 Å². The molecule has 0 aromatic carbocycles. The van der Waals surface area contributed by atoms with Crippen molar-refractivity contribution in [3.63, 3.8) is 0 Å². The highest BCUT2D eigenvalue weighted by molar-refractivity contribution is 7.19. The SMILES string of the molecule is CC(C)([B]c1nccs1)C=O. The Morgan fingerprint density at radius 3 is 2.91 bits per heavy atom. The summed E-state index contributed by atoms with van der Waals surface area (Å²) in [6.45, 7) is 3.72. The summed E-state index contributed by atoms with van der Waals surface area (Å²) in [5.74, 6) is 0. The number of carbonyl (C=O) groups excluding carboxylic acids is 1. The van der Waals surface area contributed by atoms with Crippen molar-refractivity contribution in [3.8, 4) is 0 Å². The molecule has 0 saturated heterocycles. The third-order valence-corrected chi connectivity index (χ3v) is 1.97. The monoisotopic (exact) mass is 166 g/mol. The largest absolute Gasteiger partial charge is 0.304 e. The smallest absolute Gasteiger partial charge is 0.207 e. The van der Waals surface area contributed by atoms with E-state index in [4.69, 9.17) is 0 Å². The summed E-state index contributed by atoms with van der Waals surface area (Å²) < 4.78 is 0. The third kappa shape index (κ3) is 2.46. The van der Waals surface area contributed by atoms with Crippen LogP contribution >= 0.6 is 11.3 Å². The van der Waals surface area contributed by atoms with Gasteiger partial charge in [-0.15, -0.1) is 11.3 Å². The second-order valence-electron chi connectivity index (χ2n) is 2.95. The lowest BCUT2D eigenvalue weighted by Gasteiger charge is -2.11. The van der Waals surface area contributed by atoms with Gasteiger partial charge in [0.15, 0.2) is 0 Å². The molecule has 4 heteroatoms. The van der Waals surface area contributed by atoms with Crippen molar-refractivity contribution in [2.24, 2.45) is 0 Å². The van der Waals surface area contributed by atoms with Gasteiger partial charge >= 0.3 is 0 Å². The molecule has 0 atom stereocenters. The van der Waals surface area contributed by atoms with Crippen LogP contribution in [0.4, 0.5) is 0 Å². The molecule has 0 unspecified atom stereocenters. The van der Waals surface area contributed by atoms with Gasteiger partial charge in [0.25, 0.3) is 0 Å². The van der Waals surface area contributed by atoms with Gasteiger partial charge in [0.05, 0.1) is 0 Å². The second kappa shape index (κ2) is 3.18. The Bertz CT molecular complexity index is 233. The number of nitrogens with zero attached hydrogens (tertiary/aromatic N) is 1. The van der Waals surface area contributed by atoms with Crippen LogP contribution < -0.4 is 4.91 Å². The van der Waals surface area contributed by atoms with E-state index in [1.54, 1.807) is 6.20 Å². The first-order valence-electron chi connectivity index (χ1n) is 3.36. The molecule has 0 N–H and O–H groups in total. The van der Waals surface area contributed by atoms with Crippen LogP contribution in [0, 0.1) is 0 Å². The van der Waals surface area contributed by atoms with E-state index in [1.807, 2.05) is 26.5 Å². The molecule has 11 heavy (non-hydrogen) atoms. The molecule has 2 nitrogen and oxygen atoms in total. The molecule has 0 aliphatic carbocycles. The standard InChI is InChI=1S/C7H9BNOS/c1-7(2,5-10)8-6-9-3-4-11-6/h3-5H,1-2H3. The summed E-state index contributed by atoms with van der Waals surface area (Å²) in [6, 6.07) is 0. The van der Waals surface area contributed by atoms with Crippen molar-refractivity contribution in [3.05, 3.63) is 11.6 Å². The van der Waals surface area contributed by atoms with E-state index in [9.17, 15) is 4.79 Å². The maximum absolute atomic E-state index is 10.5. The Labute approximate surface area is 70.9 Å². The van der Waals surface area contributed by atoms with E-state index in [0.29, 0.717) is 0 Å². The van der Waals surface area contributed by atoms with Crippen molar-refractivity contribution < 1.29 is 4.79 Å². The number of rotatable bonds is 3. The van der Waals surface area contributed by atoms with Crippen molar-refractivity contribution in [2.75, 3.05) is 0 Å². The quantitative estimate of drug-likeness (QED) is 0.492. The Balaban J connectivity index is 2.63. The predicted octanol–water partition coefficient (Wildman–Crippen LogP) is 0.870. The number of carbonyl (C=O) groups is 1. The molecule has 0 amide bonds. The number of hydrogen-bond acceptors (Lipinski definition) is 3. The Hall–Kier alpha value is -0.635. The van der Waals surface area contributed by atoms with E-state index >= 15 is 0 Å². The highest BCUT2D eigenvalue weighted by atomic mass is 32.1. The average molecular weight is 166 g/mol. The van der Waals surface area contributed by atoms with Crippen molar-refractivity contribution in [1.82, 2.24) is 4.98 Å². The zero-order valence-electron chi connectivity index (χ0n) is 6.57. The minimum absolute atomic E-state index is 0.391. The fourth-order valence-corrected chi connectivity index (χ4v) is 1.41. The molecule has 1 radical (unpaired) electrons. The molecule has 0 bridgehead atoms. The van der Waals surface area contributed by atoms with Crippen molar-refractivity contribution in [1.29, 1.82) is 0 Å². The molecule has 1 aromatic heterocycles. The van der Waals surface area contributed by atoms with E-state index in [0.717, 1.165) is 11.2 Å². The van der Waals surface area contributed by atoms with E-state index < -0.39 is 5.31 Å². The number of aromatic nitrogens is 1. The Kier molecular flexibility index (Phi) is 2.44. The van der Waals surface area contributed by atoms with Gasteiger partial charge in [0, 0.05) is 21.8 Å². The maximum Gasteiger partial charge on any atom is 0.207 e. The average Bonchev–Trinajstić information content (AvgIpc) is 2.39. The van der Waals surface area contributed by atoms with Crippen LogP contribution in [0.25, 0.3) is 0 Å². The van der Waals surface area contributed by atoms with Crippen molar-refractivity contribution in [2.45, 2.75) is 19.2 Å². The predicted molar refractivity (Wildman–Crippen MR) is 47.6 cm³/mol. The summed E-state index contributed by atoms with van der Waals surface area (Å²) in [7, 11) is 1.87. The van der Waals surface area contributed by atoms with E-state index in [2.05, 4.69) is 4.98 Å². The number of aldehydes is 1. The fourth-order valence-electron chi connectivity index (χ4n) is 0.658. The molecule has 0 saturated carbocycles. The van der Waals surface area contributed by atoms with Gasteiger partial charge in [-0.2, -0.15) is 0 Å². The first-order chi connectivity index (χ1) is 5.14.